The normalized spacial score (nSPS) is 16.1. The Kier molecular flexibility index (Phi) is 8.48. The molecule has 0 radical (unpaired) electrons. The number of nitrogens with one attached hydrogen (secondary N) is 2. The molecule has 1 aliphatic heterocycles. The van der Waals surface area contributed by atoms with E-state index in [0.29, 0.717) is 16.9 Å². The number of carbonyl (C=O) groups is 2. The molecule has 7 heteroatoms. The van der Waals surface area contributed by atoms with Gasteiger partial charge in [-0.1, -0.05) is 19.1 Å². The Balaban J connectivity index is 1.74. The standard InChI is InChI=1S/C18H26N2O3S2/c1-3-9-19-17(22)13(2)20-16(21)12-23-15-7-5-14(6-8-15)18-24-10-4-11-25-18/h5-8,13,18H,3-4,9-12H2,1-2H3,(H,19,22)(H,20,21)/t13-/m1/s1. The predicted molar refractivity (Wildman–Crippen MR) is 105 cm³/mol. The Morgan fingerprint density at radius 3 is 2.56 bits per heavy atom. The van der Waals surface area contributed by atoms with Gasteiger partial charge in [-0.3, -0.25) is 9.59 Å². The highest BCUT2D eigenvalue weighted by atomic mass is 32.2. The van der Waals surface area contributed by atoms with Gasteiger partial charge in [0, 0.05) is 6.54 Å². The van der Waals surface area contributed by atoms with E-state index < -0.39 is 6.04 Å². The van der Waals surface area contributed by atoms with Crippen LogP contribution in [-0.4, -0.2) is 42.5 Å². The van der Waals surface area contributed by atoms with Gasteiger partial charge in [0.05, 0.1) is 4.58 Å². The van der Waals surface area contributed by atoms with Crippen LogP contribution in [0.25, 0.3) is 0 Å². The van der Waals surface area contributed by atoms with Crippen LogP contribution in [0.1, 0.15) is 36.8 Å². The first-order valence-corrected chi connectivity index (χ1v) is 10.7. The third kappa shape index (κ3) is 6.82. The van der Waals surface area contributed by atoms with Crippen molar-refractivity contribution in [2.24, 2.45) is 0 Å². The molecule has 0 saturated carbocycles. The molecule has 1 fully saturated rings. The van der Waals surface area contributed by atoms with E-state index in [-0.39, 0.29) is 18.4 Å². The molecule has 1 saturated heterocycles. The van der Waals surface area contributed by atoms with Gasteiger partial charge in [-0.2, -0.15) is 0 Å². The van der Waals surface area contributed by atoms with Crippen LogP contribution in [0.2, 0.25) is 0 Å². The van der Waals surface area contributed by atoms with Gasteiger partial charge in [-0.25, -0.2) is 0 Å². The Morgan fingerprint density at radius 2 is 1.92 bits per heavy atom. The van der Waals surface area contributed by atoms with Crippen molar-refractivity contribution in [2.45, 2.75) is 37.3 Å². The average molecular weight is 383 g/mol. The maximum absolute atomic E-state index is 11.9. The summed E-state index contributed by atoms with van der Waals surface area (Å²) < 4.78 is 6.01. The first kappa shape index (κ1) is 20.0. The monoisotopic (exact) mass is 382 g/mol. The fraction of sp³-hybridized carbons (Fsp3) is 0.556. The van der Waals surface area contributed by atoms with Gasteiger partial charge in [0.1, 0.15) is 11.8 Å². The van der Waals surface area contributed by atoms with Crippen LogP contribution >= 0.6 is 23.5 Å². The maximum Gasteiger partial charge on any atom is 0.258 e. The van der Waals surface area contributed by atoms with E-state index >= 15 is 0 Å². The lowest BCUT2D eigenvalue weighted by Gasteiger charge is -2.21. The quantitative estimate of drug-likeness (QED) is 0.723. The molecular weight excluding hydrogens is 356 g/mol. The highest BCUT2D eigenvalue weighted by molar-refractivity contribution is 8.16. The average Bonchev–Trinajstić information content (AvgIpc) is 2.65. The Morgan fingerprint density at radius 1 is 1.24 bits per heavy atom. The molecule has 1 atom stereocenters. The minimum absolute atomic E-state index is 0.0995. The van der Waals surface area contributed by atoms with E-state index in [4.69, 9.17) is 4.74 Å². The fourth-order valence-electron chi connectivity index (χ4n) is 2.30. The molecular formula is C18H26N2O3S2. The molecule has 2 N–H and O–H groups in total. The summed E-state index contributed by atoms with van der Waals surface area (Å²) in [5.74, 6) is 2.59. The summed E-state index contributed by atoms with van der Waals surface area (Å²) >= 11 is 3.95. The molecule has 0 aliphatic carbocycles. The van der Waals surface area contributed by atoms with Crippen LogP contribution in [0.15, 0.2) is 24.3 Å². The topological polar surface area (TPSA) is 67.4 Å². The molecule has 1 aromatic carbocycles. The first-order chi connectivity index (χ1) is 12.1. The zero-order chi connectivity index (χ0) is 18.1. The van der Waals surface area contributed by atoms with Gasteiger partial charge in [0.25, 0.3) is 5.91 Å². The number of benzene rings is 1. The van der Waals surface area contributed by atoms with Crippen LogP contribution in [0.4, 0.5) is 0 Å². The second-order valence-corrected chi connectivity index (χ2v) is 8.59. The van der Waals surface area contributed by atoms with Crippen LogP contribution in [-0.2, 0) is 9.59 Å². The number of hydrogen-bond acceptors (Lipinski definition) is 5. The minimum atomic E-state index is -0.564. The van der Waals surface area contributed by atoms with Crippen LogP contribution in [0, 0.1) is 0 Å². The number of hydrogen-bond donors (Lipinski definition) is 2. The highest BCUT2D eigenvalue weighted by Crippen LogP contribution is 2.43. The summed E-state index contributed by atoms with van der Waals surface area (Å²) in [5, 5.41) is 5.39. The van der Waals surface area contributed by atoms with E-state index in [1.54, 1.807) is 6.92 Å². The summed E-state index contributed by atoms with van der Waals surface area (Å²) in [7, 11) is 0. The maximum atomic E-state index is 11.9. The first-order valence-electron chi connectivity index (χ1n) is 8.63. The molecule has 1 aliphatic rings. The summed E-state index contributed by atoms with van der Waals surface area (Å²) in [4.78, 5) is 23.6. The Bertz CT molecular complexity index is 560. The predicted octanol–water partition coefficient (Wildman–Crippen LogP) is 2.97. The smallest absolute Gasteiger partial charge is 0.258 e. The van der Waals surface area contributed by atoms with Gasteiger partial charge >= 0.3 is 0 Å². The van der Waals surface area contributed by atoms with E-state index in [1.807, 2.05) is 42.6 Å². The van der Waals surface area contributed by atoms with Gasteiger partial charge in [-0.05, 0) is 49.0 Å². The number of amides is 2. The Labute approximate surface area is 158 Å². The van der Waals surface area contributed by atoms with Gasteiger partial charge in [0.15, 0.2) is 6.61 Å². The van der Waals surface area contributed by atoms with E-state index in [9.17, 15) is 9.59 Å². The van der Waals surface area contributed by atoms with E-state index in [2.05, 4.69) is 22.8 Å². The van der Waals surface area contributed by atoms with Crippen LogP contribution < -0.4 is 15.4 Å². The summed E-state index contributed by atoms with van der Waals surface area (Å²) in [6.07, 6.45) is 2.14. The zero-order valence-electron chi connectivity index (χ0n) is 14.7. The Hall–Kier alpha value is -1.34. The van der Waals surface area contributed by atoms with Crippen LogP contribution in [0.3, 0.4) is 0 Å². The summed E-state index contributed by atoms with van der Waals surface area (Å²) in [6, 6.07) is 7.35. The molecule has 0 bridgehead atoms. The fourth-order valence-corrected chi connectivity index (χ4v) is 5.19. The van der Waals surface area contributed by atoms with Crippen molar-refractivity contribution < 1.29 is 14.3 Å². The molecule has 0 aromatic heterocycles. The number of thioether (sulfide) groups is 2. The molecule has 25 heavy (non-hydrogen) atoms. The van der Waals surface area contributed by atoms with Crippen molar-refractivity contribution in [3.8, 4) is 5.75 Å². The largest absolute Gasteiger partial charge is 0.484 e. The highest BCUT2D eigenvalue weighted by Gasteiger charge is 2.17. The lowest BCUT2D eigenvalue weighted by Crippen LogP contribution is -2.46. The second-order valence-electron chi connectivity index (χ2n) is 5.87. The summed E-state index contributed by atoms with van der Waals surface area (Å²) in [6.45, 7) is 4.16. The van der Waals surface area contributed by atoms with E-state index in [0.717, 1.165) is 6.42 Å². The van der Waals surface area contributed by atoms with Crippen molar-refractivity contribution >= 4 is 35.3 Å². The molecule has 1 heterocycles. The lowest BCUT2D eigenvalue weighted by molar-refractivity contribution is -0.129. The van der Waals surface area contributed by atoms with Gasteiger partial charge in [0.2, 0.25) is 5.91 Å². The van der Waals surface area contributed by atoms with Gasteiger partial charge in [-0.15, -0.1) is 23.5 Å². The molecule has 0 spiro atoms. The number of rotatable bonds is 8. The van der Waals surface area contributed by atoms with E-state index in [1.165, 1.54) is 23.5 Å². The number of ether oxygens (including phenoxy) is 1. The third-order valence-electron chi connectivity index (χ3n) is 3.67. The van der Waals surface area contributed by atoms with Crippen molar-refractivity contribution in [3.05, 3.63) is 29.8 Å². The zero-order valence-corrected chi connectivity index (χ0v) is 16.4. The second kappa shape index (κ2) is 10.6. The molecule has 1 aromatic rings. The minimum Gasteiger partial charge on any atom is -0.484 e. The third-order valence-corrected chi connectivity index (χ3v) is 6.68. The summed E-state index contributed by atoms with van der Waals surface area (Å²) in [5.41, 5.74) is 1.28. The molecule has 5 nitrogen and oxygen atoms in total. The molecule has 2 amide bonds. The van der Waals surface area contributed by atoms with Crippen molar-refractivity contribution in [2.75, 3.05) is 24.7 Å². The van der Waals surface area contributed by atoms with Crippen molar-refractivity contribution in [3.63, 3.8) is 0 Å². The molecule has 2 rings (SSSR count). The molecule has 138 valence electrons. The SMILES string of the molecule is CCCNC(=O)[C@@H](C)NC(=O)COc1ccc(C2SCCCS2)cc1. The lowest BCUT2D eigenvalue weighted by atomic mass is 10.2. The van der Waals surface area contributed by atoms with Crippen molar-refractivity contribution in [1.29, 1.82) is 0 Å². The number of carbonyl (C=O) groups excluding carboxylic acids is 2. The van der Waals surface area contributed by atoms with Gasteiger partial charge < -0.3 is 15.4 Å². The van der Waals surface area contributed by atoms with Crippen molar-refractivity contribution in [1.82, 2.24) is 10.6 Å². The molecule has 0 unspecified atom stereocenters. The van der Waals surface area contributed by atoms with Crippen LogP contribution in [0.5, 0.6) is 5.75 Å².